The van der Waals surface area contributed by atoms with Gasteiger partial charge >= 0.3 is 6.18 Å². The predicted octanol–water partition coefficient (Wildman–Crippen LogP) is 4.42. The number of amides is 1. The van der Waals surface area contributed by atoms with Crippen LogP contribution in [0, 0.1) is 10.1 Å². The lowest BCUT2D eigenvalue weighted by Gasteiger charge is -2.38. The van der Waals surface area contributed by atoms with Gasteiger partial charge in [0.25, 0.3) is 5.69 Å². The number of nitrogens with zero attached hydrogens (tertiary/aromatic N) is 3. The predicted molar refractivity (Wildman–Crippen MR) is 111 cm³/mol. The maximum atomic E-state index is 13.0. The molecule has 1 heterocycles. The number of rotatable bonds is 5. The normalized spacial score (nSPS) is 16.1. The van der Waals surface area contributed by atoms with Crippen LogP contribution in [-0.2, 0) is 11.0 Å². The zero-order valence-electron chi connectivity index (χ0n) is 16.5. The van der Waals surface area contributed by atoms with Gasteiger partial charge in [-0.1, -0.05) is 17.7 Å². The van der Waals surface area contributed by atoms with Crippen molar-refractivity contribution in [1.29, 1.82) is 0 Å². The number of alkyl halides is 3. The number of nitro groups is 1. The van der Waals surface area contributed by atoms with E-state index >= 15 is 0 Å². The summed E-state index contributed by atoms with van der Waals surface area (Å²) in [6.45, 7) is 3.54. The molecule has 0 bridgehead atoms. The molecular formula is C20H20ClF3N4O3. The van der Waals surface area contributed by atoms with Crippen molar-refractivity contribution < 1.29 is 22.9 Å². The van der Waals surface area contributed by atoms with Gasteiger partial charge in [0, 0.05) is 44.0 Å². The van der Waals surface area contributed by atoms with Crippen molar-refractivity contribution in [2.45, 2.75) is 19.1 Å². The zero-order chi connectivity index (χ0) is 22.8. The molecule has 11 heteroatoms. The summed E-state index contributed by atoms with van der Waals surface area (Å²) in [5.74, 6) is -0.380. The lowest BCUT2D eigenvalue weighted by Crippen LogP contribution is -2.52. The Kier molecular flexibility index (Phi) is 6.71. The fraction of sp³-hybridized carbons (Fsp3) is 0.350. The van der Waals surface area contributed by atoms with Gasteiger partial charge in [-0.2, -0.15) is 13.2 Å². The summed E-state index contributed by atoms with van der Waals surface area (Å²) in [5, 5.41) is 13.7. The number of hydrogen-bond acceptors (Lipinski definition) is 5. The highest BCUT2D eigenvalue weighted by Gasteiger charge is 2.31. The molecule has 2 aromatic rings. The Morgan fingerprint density at radius 1 is 1.16 bits per heavy atom. The van der Waals surface area contributed by atoms with Crippen LogP contribution in [0.2, 0.25) is 5.02 Å². The molecule has 0 aromatic heterocycles. The Morgan fingerprint density at radius 2 is 1.84 bits per heavy atom. The SMILES string of the molecule is CC(C(=O)Nc1cc([N+](=O)[O-])ccc1Cl)N1CCN(c2cccc(C(F)(F)F)c2)CC1. The molecule has 1 atom stereocenters. The number of carbonyl (C=O) groups excluding carboxylic acids is 1. The lowest BCUT2D eigenvalue weighted by molar-refractivity contribution is -0.384. The molecule has 31 heavy (non-hydrogen) atoms. The monoisotopic (exact) mass is 456 g/mol. The van der Waals surface area contributed by atoms with Crippen molar-refractivity contribution in [3.8, 4) is 0 Å². The molecule has 0 aliphatic carbocycles. The second-order valence-corrected chi connectivity index (χ2v) is 7.56. The van der Waals surface area contributed by atoms with E-state index in [-0.39, 0.29) is 22.3 Å². The molecule has 1 amide bonds. The highest BCUT2D eigenvalue weighted by molar-refractivity contribution is 6.33. The average molecular weight is 457 g/mol. The molecule has 0 spiro atoms. The standard InChI is InChI=1S/C20H20ClF3N4O3/c1-13(19(29)25-18-12-16(28(30)31)5-6-17(18)21)26-7-9-27(10-8-26)15-4-2-3-14(11-15)20(22,23)24/h2-6,11-13H,7-10H2,1H3,(H,25,29). The summed E-state index contributed by atoms with van der Waals surface area (Å²) < 4.78 is 38.9. The van der Waals surface area contributed by atoms with E-state index in [1.54, 1.807) is 13.0 Å². The Labute approximate surface area is 181 Å². The zero-order valence-corrected chi connectivity index (χ0v) is 17.3. The molecule has 1 N–H and O–H groups in total. The van der Waals surface area contributed by atoms with Crippen molar-refractivity contribution in [1.82, 2.24) is 4.90 Å². The van der Waals surface area contributed by atoms with Crippen LogP contribution < -0.4 is 10.2 Å². The number of piperazine rings is 1. The third kappa shape index (κ3) is 5.45. The number of hydrogen-bond donors (Lipinski definition) is 1. The second kappa shape index (κ2) is 9.11. The maximum absolute atomic E-state index is 13.0. The third-order valence-corrected chi connectivity index (χ3v) is 5.53. The van der Waals surface area contributed by atoms with Crippen molar-refractivity contribution >= 4 is 34.6 Å². The van der Waals surface area contributed by atoms with Crippen molar-refractivity contribution in [2.24, 2.45) is 0 Å². The number of benzene rings is 2. The van der Waals surface area contributed by atoms with Crippen LogP contribution in [0.1, 0.15) is 12.5 Å². The van der Waals surface area contributed by atoms with Crippen LogP contribution in [0.5, 0.6) is 0 Å². The van der Waals surface area contributed by atoms with Gasteiger partial charge in [0.15, 0.2) is 0 Å². The first-order valence-electron chi connectivity index (χ1n) is 9.47. The van der Waals surface area contributed by atoms with Gasteiger partial charge < -0.3 is 10.2 Å². The van der Waals surface area contributed by atoms with Crippen molar-refractivity contribution in [2.75, 3.05) is 36.4 Å². The Hall–Kier alpha value is -2.85. The average Bonchev–Trinajstić information content (AvgIpc) is 2.74. The van der Waals surface area contributed by atoms with Crippen molar-refractivity contribution in [3.05, 3.63) is 63.2 Å². The van der Waals surface area contributed by atoms with Gasteiger partial charge in [-0.25, -0.2) is 0 Å². The van der Waals surface area contributed by atoms with Gasteiger partial charge in [-0.15, -0.1) is 0 Å². The highest BCUT2D eigenvalue weighted by atomic mass is 35.5. The Bertz CT molecular complexity index is 978. The summed E-state index contributed by atoms with van der Waals surface area (Å²) in [6, 6.07) is 8.38. The minimum atomic E-state index is -4.40. The molecule has 1 unspecified atom stereocenters. The van der Waals surface area contributed by atoms with E-state index < -0.39 is 22.7 Å². The number of halogens is 4. The van der Waals surface area contributed by atoms with Crippen LogP contribution in [0.4, 0.5) is 30.2 Å². The van der Waals surface area contributed by atoms with Gasteiger partial charge in [-0.3, -0.25) is 19.8 Å². The number of nitro benzene ring substituents is 1. The highest BCUT2D eigenvalue weighted by Crippen LogP contribution is 2.32. The Balaban J connectivity index is 1.61. The maximum Gasteiger partial charge on any atom is 0.416 e. The third-order valence-electron chi connectivity index (χ3n) is 5.20. The fourth-order valence-corrected chi connectivity index (χ4v) is 3.54. The lowest BCUT2D eigenvalue weighted by atomic mass is 10.1. The minimum absolute atomic E-state index is 0.148. The molecule has 1 aliphatic rings. The molecule has 1 fully saturated rings. The van der Waals surface area contributed by atoms with Crippen LogP contribution in [0.3, 0.4) is 0 Å². The number of nitrogens with one attached hydrogen (secondary N) is 1. The smallest absolute Gasteiger partial charge is 0.369 e. The van der Waals surface area contributed by atoms with Crippen LogP contribution >= 0.6 is 11.6 Å². The van der Waals surface area contributed by atoms with E-state index in [9.17, 15) is 28.1 Å². The van der Waals surface area contributed by atoms with Crippen LogP contribution in [0.25, 0.3) is 0 Å². The first kappa shape index (κ1) is 22.8. The quantitative estimate of drug-likeness (QED) is 0.532. The molecule has 0 saturated carbocycles. The molecule has 166 valence electrons. The summed E-state index contributed by atoms with van der Waals surface area (Å²) in [4.78, 5) is 26.7. The molecule has 2 aromatic carbocycles. The molecule has 7 nitrogen and oxygen atoms in total. The number of non-ortho nitro benzene ring substituents is 1. The molecule has 1 saturated heterocycles. The minimum Gasteiger partial charge on any atom is -0.369 e. The van der Waals surface area contributed by atoms with E-state index in [2.05, 4.69) is 5.32 Å². The first-order valence-corrected chi connectivity index (χ1v) is 9.85. The summed E-state index contributed by atoms with van der Waals surface area (Å²) in [6.07, 6.45) is -4.40. The molecular weight excluding hydrogens is 437 g/mol. The van der Waals surface area contributed by atoms with E-state index in [1.807, 2.05) is 9.80 Å². The topological polar surface area (TPSA) is 78.7 Å². The molecule has 1 aliphatic heterocycles. The number of anilines is 2. The van der Waals surface area contributed by atoms with Gasteiger partial charge in [0.1, 0.15) is 0 Å². The summed E-state index contributed by atoms with van der Waals surface area (Å²) >= 11 is 6.03. The molecule has 3 rings (SSSR count). The van der Waals surface area contributed by atoms with E-state index in [1.165, 1.54) is 24.3 Å². The largest absolute Gasteiger partial charge is 0.416 e. The first-order chi connectivity index (χ1) is 14.6. The van der Waals surface area contributed by atoms with Gasteiger partial charge in [0.05, 0.1) is 27.2 Å². The van der Waals surface area contributed by atoms with Crippen LogP contribution in [0.15, 0.2) is 42.5 Å². The second-order valence-electron chi connectivity index (χ2n) is 7.16. The Morgan fingerprint density at radius 3 is 2.45 bits per heavy atom. The van der Waals surface area contributed by atoms with Gasteiger partial charge in [0.2, 0.25) is 5.91 Å². The van der Waals surface area contributed by atoms with E-state index in [0.29, 0.717) is 31.9 Å². The summed E-state index contributed by atoms with van der Waals surface area (Å²) in [5.41, 5.74) is -0.263. The molecule has 0 radical (unpaired) electrons. The van der Waals surface area contributed by atoms with E-state index in [4.69, 9.17) is 11.6 Å². The van der Waals surface area contributed by atoms with E-state index in [0.717, 1.165) is 12.1 Å². The summed E-state index contributed by atoms with van der Waals surface area (Å²) in [7, 11) is 0. The van der Waals surface area contributed by atoms with Gasteiger partial charge in [-0.05, 0) is 31.2 Å². The van der Waals surface area contributed by atoms with Crippen molar-refractivity contribution in [3.63, 3.8) is 0 Å². The fourth-order valence-electron chi connectivity index (χ4n) is 3.37. The number of carbonyl (C=O) groups is 1. The van der Waals surface area contributed by atoms with Crippen LogP contribution in [-0.4, -0.2) is 48.0 Å².